The van der Waals surface area contributed by atoms with Crippen LogP contribution in [0.4, 0.5) is 0 Å². The van der Waals surface area contributed by atoms with Gasteiger partial charge in [0.1, 0.15) is 0 Å². The largest absolute Gasteiger partial charge is 0.330 e. The van der Waals surface area contributed by atoms with Gasteiger partial charge in [-0.1, -0.05) is 13.8 Å². The highest BCUT2D eigenvalue weighted by atomic mass is 16.6. The second-order valence-electron chi connectivity index (χ2n) is 2.99. The number of carbonyl (C=O) groups excluding carboxylic acids is 1. The van der Waals surface area contributed by atoms with Crippen LogP contribution in [0.15, 0.2) is 0 Å². The van der Waals surface area contributed by atoms with Crippen molar-refractivity contribution in [1.82, 2.24) is 5.48 Å². The SMILES string of the molecule is CCONC(=O)C(CN)C(C)C. The van der Waals surface area contributed by atoms with E-state index in [4.69, 9.17) is 10.6 Å². The molecule has 1 amide bonds. The summed E-state index contributed by atoms with van der Waals surface area (Å²) in [6.45, 7) is 6.57. The molecule has 3 N–H and O–H groups in total. The van der Waals surface area contributed by atoms with E-state index in [2.05, 4.69) is 5.48 Å². The summed E-state index contributed by atoms with van der Waals surface area (Å²) in [5.74, 6) is -0.0404. The first-order valence-electron chi connectivity index (χ1n) is 4.25. The molecule has 0 aromatic rings. The van der Waals surface area contributed by atoms with Crippen LogP contribution in [-0.2, 0) is 9.63 Å². The zero-order chi connectivity index (χ0) is 9.56. The minimum Gasteiger partial charge on any atom is -0.330 e. The summed E-state index contributed by atoms with van der Waals surface area (Å²) < 4.78 is 0. The lowest BCUT2D eigenvalue weighted by atomic mass is 9.96. The minimum absolute atomic E-state index is 0.130. The number of amides is 1. The Balaban J connectivity index is 3.86. The van der Waals surface area contributed by atoms with Gasteiger partial charge in [0.25, 0.3) is 0 Å². The molecule has 0 bridgehead atoms. The summed E-state index contributed by atoms with van der Waals surface area (Å²) in [4.78, 5) is 16.0. The third-order valence-corrected chi connectivity index (χ3v) is 1.71. The van der Waals surface area contributed by atoms with Gasteiger partial charge < -0.3 is 5.73 Å². The second kappa shape index (κ2) is 5.97. The molecule has 0 aromatic heterocycles. The zero-order valence-corrected chi connectivity index (χ0v) is 7.96. The monoisotopic (exact) mass is 174 g/mol. The molecule has 0 radical (unpaired) electrons. The lowest BCUT2D eigenvalue weighted by Gasteiger charge is -2.17. The van der Waals surface area contributed by atoms with Crippen LogP contribution in [0, 0.1) is 11.8 Å². The topological polar surface area (TPSA) is 64.3 Å². The normalized spacial score (nSPS) is 13.1. The van der Waals surface area contributed by atoms with Crippen LogP contribution >= 0.6 is 0 Å². The van der Waals surface area contributed by atoms with E-state index in [0.29, 0.717) is 13.2 Å². The van der Waals surface area contributed by atoms with Gasteiger partial charge >= 0.3 is 0 Å². The summed E-state index contributed by atoms with van der Waals surface area (Å²) in [7, 11) is 0. The molecule has 0 rings (SSSR count). The van der Waals surface area contributed by atoms with Gasteiger partial charge in [-0.3, -0.25) is 9.63 Å². The summed E-state index contributed by atoms with van der Waals surface area (Å²) in [5, 5.41) is 0. The Labute approximate surface area is 73.4 Å². The molecule has 4 nitrogen and oxygen atoms in total. The summed E-state index contributed by atoms with van der Waals surface area (Å²) in [5.41, 5.74) is 7.78. The van der Waals surface area contributed by atoms with Crippen molar-refractivity contribution < 1.29 is 9.63 Å². The third-order valence-electron chi connectivity index (χ3n) is 1.71. The van der Waals surface area contributed by atoms with Gasteiger partial charge in [0.05, 0.1) is 12.5 Å². The van der Waals surface area contributed by atoms with Gasteiger partial charge in [0.15, 0.2) is 0 Å². The van der Waals surface area contributed by atoms with Gasteiger partial charge in [0.2, 0.25) is 5.91 Å². The molecular weight excluding hydrogens is 156 g/mol. The zero-order valence-electron chi connectivity index (χ0n) is 7.96. The van der Waals surface area contributed by atoms with Crippen molar-refractivity contribution in [2.75, 3.05) is 13.2 Å². The van der Waals surface area contributed by atoms with Crippen LogP contribution in [0.5, 0.6) is 0 Å². The van der Waals surface area contributed by atoms with Crippen LogP contribution in [0.2, 0.25) is 0 Å². The molecule has 0 spiro atoms. The number of hydrogen-bond donors (Lipinski definition) is 2. The van der Waals surface area contributed by atoms with E-state index in [1.54, 1.807) is 0 Å². The minimum atomic E-state index is -0.156. The molecular formula is C8H18N2O2. The summed E-state index contributed by atoms with van der Waals surface area (Å²) in [6.07, 6.45) is 0. The van der Waals surface area contributed by atoms with Crippen molar-refractivity contribution in [3.05, 3.63) is 0 Å². The van der Waals surface area contributed by atoms with Gasteiger partial charge in [-0.05, 0) is 12.8 Å². The number of nitrogens with one attached hydrogen (secondary N) is 1. The van der Waals surface area contributed by atoms with E-state index < -0.39 is 0 Å². The molecule has 72 valence electrons. The van der Waals surface area contributed by atoms with E-state index >= 15 is 0 Å². The molecule has 0 aliphatic rings. The Morgan fingerprint density at radius 2 is 2.17 bits per heavy atom. The smallest absolute Gasteiger partial charge is 0.248 e. The van der Waals surface area contributed by atoms with Crippen molar-refractivity contribution in [2.24, 2.45) is 17.6 Å². The lowest BCUT2D eigenvalue weighted by molar-refractivity contribution is -0.138. The van der Waals surface area contributed by atoms with Gasteiger partial charge in [-0.15, -0.1) is 0 Å². The highest BCUT2D eigenvalue weighted by molar-refractivity contribution is 5.78. The maximum absolute atomic E-state index is 11.3. The van der Waals surface area contributed by atoms with E-state index in [1.165, 1.54) is 0 Å². The Kier molecular flexibility index (Phi) is 5.66. The molecule has 0 saturated carbocycles. The molecule has 1 atom stereocenters. The van der Waals surface area contributed by atoms with Crippen LogP contribution in [0.3, 0.4) is 0 Å². The Morgan fingerprint density at radius 3 is 2.50 bits per heavy atom. The van der Waals surface area contributed by atoms with Gasteiger partial charge in [-0.25, -0.2) is 5.48 Å². The highest BCUT2D eigenvalue weighted by Gasteiger charge is 2.19. The average molecular weight is 174 g/mol. The van der Waals surface area contributed by atoms with Crippen LogP contribution in [0.1, 0.15) is 20.8 Å². The van der Waals surface area contributed by atoms with E-state index in [9.17, 15) is 4.79 Å². The maximum atomic E-state index is 11.3. The number of rotatable bonds is 5. The summed E-state index contributed by atoms with van der Waals surface area (Å²) >= 11 is 0. The van der Waals surface area contributed by atoms with Crippen molar-refractivity contribution in [1.29, 1.82) is 0 Å². The van der Waals surface area contributed by atoms with Crippen molar-refractivity contribution >= 4 is 5.91 Å². The number of hydroxylamine groups is 1. The average Bonchev–Trinajstić information content (AvgIpc) is 2.01. The van der Waals surface area contributed by atoms with Crippen molar-refractivity contribution in [3.63, 3.8) is 0 Å². The lowest BCUT2D eigenvalue weighted by Crippen LogP contribution is -2.37. The summed E-state index contributed by atoms with van der Waals surface area (Å²) in [6, 6.07) is 0. The molecule has 4 heteroatoms. The first-order valence-corrected chi connectivity index (χ1v) is 4.25. The fourth-order valence-electron chi connectivity index (χ4n) is 0.901. The van der Waals surface area contributed by atoms with Crippen molar-refractivity contribution in [3.8, 4) is 0 Å². The first-order chi connectivity index (χ1) is 5.63. The predicted molar refractivity (Wildman–Crippen MR) is 47.2 cm³/mol. The fraction of sp³-hybridized carbons (Fsp3) is 0.875. The second-order valence-corrected chi connectivity index (χ2v) is 2.99. The molecule has 0 fully saturated rings. The molecule has 1 unspecified atom stereocenters. The highest BCUT2D eigenvalue weighted by Crippen LogP contribution is 2.08. The van der Waals surface area contributed by atoms with Crippen LogP contribution in [-0.4, -0.2) is 19.1 Å². The van der Waals surface area contributed by atoms with Gasteiger partial charge in [0, 0.05) is 6.54 Å². The molecule has 0 aliphatic carbocycles. The number of hydrogen-bond acceptors (Lipinski definition) is 3. The number of carbonyl (C=O) groups is 1. The third kappa shape index (κ3) is 3.69. The molecule has 0 saturated heterocycles. The first kappa shape index (κ1) is 11.4. The predicted octanol–water partition coefficient (Wildman–Crippen LogP) is 0.285. The van der Waals surface area contributed by atoms with E-state index in [0.717, 1.165) is 0 Å². The fourth-order valence-corrected chi connectivity index (χ4v) is 0.901. The molecule has 12 heavy (non-hydrogen) atoms. The van der Waals surface area contributed by atoms with E-state index in [1.807, 2.05) is 20.8 Å². The molecule has 0 aromatic carbocycles. The quantitative estimate of drug-likeness (QED) is 0.589. The standard InChI is InChI=1S/C8H18N2O2/c1-4-12-10-8(11)7(5-9)6(2)3/h6-7H,4-5,9H2,1-3H3,(H,10,11). The molecule has 0 heterocycles. The van der Waals surface area contributed by atoms with Crippen LogP contribution < -0.4 is 11.2 Å². The van der Waals surface area contributed by atoms with Gasteiger partial charge in [-0.2, -0.15) is 0 Å². The Hall–Kier alpha value is -0.610. The Morgan fingerprint density at radius 1 is 1.58 bits per heavy atom. The molecule has 0 aliphatic heterocycles. The van der Waals surface area contributed by atoms with E-state index in [-0.39, 0.29) is 17.7 Å². The maximum Gasteiger partial charge on any atom is 0.248 e. The number of nitrogens with two attached hydrogens (primary N) is 1. The van der Waals surface area contributed by atoms with Crippen molar-refractivity contribution in [2.45, 2.75) is 20.8 Å². The Bertz CT molecular complexity index is 137. The van der Waals surface area contributed by atoms with Crippen LogP contribution in [0.25, 0.3) is 0 Å².